The van der Waals surface area contributed by atoms with Crippen LogP contribution >= 0.6 is 0 Å². The molecule has 0 heterocycles. The molecule has 2 saturated carbocycles. The van der Waals surface area contributed by atoms with E-state index in [1.165, 1.54) is 51.5 Å². The van der Waals surface area contributed by atoms with Gasteiger partial charge in [0.1, 0.15) is 0 Å². The summed E-state index contributed by atoms with van der Waals surface area (Å²) in [6.45, 7) is 4.62. The van der Waals surface area contributed by atoms with Crippen molar-refractivity contribution in [2.75, 3.05) is 26.7 Å². The van der Waals surface area contributed by atoms with Crippen molar-refractivity contribution in [3.8, 4) is 0 Å². The molecule has 2 atom stereocenters. The van der Waals surface area contributed by atoms with Crippen LogP contribution in [-0.2, 0) is 0 Å². The topological polar surface area (TPSA) is 35.5 Å². The molecule has 0 spiro atoms. The van der Waals surface area contributed by atoms with Crippen LogP contribution < -0.4 is 5.32 Å². The molecular weight excluding hydrogens is 236 g/mol. The highest BCUT2D eigenvalue weighted by atomic mass is 16.3. The third-order valence-electron chi connectivity index (χ3n) is 5.55. The zero-order valence-electron chi connectivity index (χ0n) is 12.8. The molecule has 0 aromatic heterocycles. The minimum absolute atomic E-state index is 0.0191. The zero-order chi connectivity index (χ0) is 13.7. The third-order valence-corrected chi connectivity index (χ3v) is 5.55. The summed E-state index contributed by atoms with van der Waals surface area (Å²) in [6.07, 6.45) is 10.5. The number of hydrogen-bond acceptors (Lipinski definition) is 3. The normalized spacial score (nSPS) is 32.5. The van der Waals surface area contributed by atoms with Crippen molar-refractivity contribution in [2.45, 2.75) is 69.9 Å². The fourth-order valence-corrected chi connectivity index (χ4v) is 4.30. The smallest absolute Gasteiger partial charge is 0.0616 e. The van der Waals surface area contributed by atoms with Gasteiger partial charge in [0.05, 0.1) is 6.61 Å². The average Bonchev–Trinajstić information content (AvgIpc) is 3.06. The number of nitrogens with zero attached hydrogens (tertiary/aromatic N) is 1. The van der Waals surface area contributed by atoms with Gasteiger partial charge in [-0.1, -0.05) is 26.2 Å². The van der Waals surface area contributed by atoms with E-state index in [4.69, 9.17) is 0 Å². The lowest BCUT2D eigenvalue weighted by Crippen LogP contribution is -2.52. The zero-order valence-corrected chi connectivity index (χ0v) is 12.8. The minimum atomic E-state index is 0.0191. The van der Waals surface area contributed by atoms with Crippen molar-refractivity contribution < 1.29 is 5.11 Å². The van der Waals surface area contributed by atoms with Crippen molar-refractivity contribution >= 4 is 0 Å². The molecule has 2 fully saturated rings. The van der Waals surface area contributed by atoms with Gasteiger partial charge >= 0.3 is 0 Å². The van der Waals surface area contributed by atoms with Gasteiger partial charge < -0.3 is 15.3 Å². The van der Waals surface area contributed by atoms with Gasteiger partial charge in [-0.25, -0.2) is 0 Å². The lowest BCUT2D eigenvalue weighted by molar-refractivity contribution is 0.111. The number of aliphatic hydroxyl groups is 1. The lowest BCUT2D eigenvalue weighted by atomic mass is 9.85. The Hall–Kier alpha value is -0.120. The largest absolute Gasteiger partial charge is 0.394 e. The summed E-state index contributed by atoms with van der Waals surface area (Å²) in [4.78, 5) is 2.57. The fraction of sp³-hybridized carbons (Fsp3) is 1.00. The highest BCUT2D eigenvalue weighted by Crippen LogP contribution is 2.38. The quantitative estimate of drug-likeness (QED) is 0.744. The predicted molar refractivity (Wildman–Crippen MR) is 80.3 cm³/mol. The molecule has 0 aromatic carbocycles. The van der Waals surface area contributed by atoms with Crippen molar-refractivity contribution in [3.63, 3.8) is 0 Å². The van der Waals surface area contributed by atoms with E-state index in [0.717, 1.165) is 19.0 Å². The van der Waals surface area contributed by atoms with Gasteiger partial charge in [-0.2, -0.15) is 0 Å². The summed E-state index contributed by atoms with van der Waals surface area (Å²) in [5.74, 6) is 0.654. The second-order valence-corrected chi connectivity index (χ2v) is 6.64. The van der Waals surface area contributed by atoms with E-state index in [9.17, 15) is 5.11 Å². The van der Waals surface area contributed by atoms with Gasteiger partial charge in [-0.3, -0.25) is 0 Å². The van der Waals surface area contributed by atoms with Crippen LogP contribution in [0.3, 0.4) is 0 Å². The molecule has 3 nitrogen and oxygen atoms in total. The molecule has 2 aliphatic rings. The molecule has 0 saturated heterocycles. The first kappa shape index (κ1) is 15.3. The third kappa shape index (κ3) is 3.50. The molecule has 2 N–H and O–H groups in total. The van der Waals surface area contributed by atoms with E-state index in [1.807, 2.05) is 0 Å². The van der Waals surface area contributed by atoms with Crippen molar-refractivity contribution in [1.82, 2.24) is 10.2 Å². The predicted octanol–water partition coefficient (Wildman–Crippen LogP) is 2.39. The Labute approximate surface area is 118 Å². The number of likely N-dealkylation sites (N-methyl/N-ethyl adjacent to an activating group) is 1. The summed E-state index contributed by atoms with van der Waals surface area (Å²) in [7, 11) is 2.29. The van der Waals surface area contributed by atoms with Crippen LogP contribution in [0.15, 0.2) is 0 Å². The fourth-order valence-electron chi connectivity index (χ4n) is 4.30. The summed E-state index contributed by atoms with van der Waals surface area (Å²) >= 11 is 0. The summed E-state index contributed by atoms with van der Waals surface area (Å²) < 4.78 is 0. The van der Waals surface area contributed by atoms with Crippen LogP contribution in [0.5, 0.6) is 0 Å². The molecule has 0 aliphatic heterocycles. The highest BCUT2D eigenvalue weighted by molar-refractivity contribution is 4.99. The van der Waals surface area contributed by atoms with Gasteiger partial charge in [0, 0.05) is 11.6 Å². The molecule has 0 amide bonds. The van der Waals surface area contributed by atoms with Crippen LogP contribution in [0.25, 0.3) is 0 Å². The van der Waals surface area contributed by atoms with E-state index < -0.39 is 0 Å². The van der Waals surface area contributed by atoms with Crippen LogP contribution in [0.4, 0.5) is 0 Å². The maximum atomic E-state index is 9.82. The summed E-state index contributed by atoms with van der Waals surface area (Å²) in [6, 6.07) is 0.823. The molecule has 112 valence electrons. The van der Waals surface area contributed by atoms with Gasteiger partial charge in [-0.05, 0) is 58.2 Å². The number of rotatable bonds is 7. The van der Waals surface area contributed by atoms with Crippen molar-refractivity contribution in [3.05, 3.63) is 0 Å². The number of nitrogens with one attached hydrogen (secondary N) is 1. The van der Waals surface area contributed by atoms with E-state index >= 15 is 0 Å². The standard InChI is InChI=1S/C16H32N2O/c1-3-17-16(13-19)11-6-7-14(16)10-12-18(2)15-8-4-5-9-15/h14-15,17,19H,3-13H2,1-2H3. The van der Waals surface area contributed by atoms with Gasteiger partial charge in [0.15, 0.2) is 0 Å². The Bertz CT molecular complexity index is 265. The minimum Gasteiger partial charge on any atom is -0.394 e. The molecule has 2 aliphatic carbocycles. The molecule has 3 heteroatoms. The molecule has 2 rings (SSSR count). The molecule has 0 aromatic rings. The number of hydrogen-bond donors (Lipinski definition) is 2. The van der Waals surface area contributed by atoms with E-state index in [1.54, 1.807) is 0 Å². The van der Waals surface area contributed by atoms with Gasteiger partial charge in [-0.15, -0.1) is 0 Å². The van der Waals surface area contributed by atoms with Crippen molar-refractivity contribution in [2.24, 2.45) is 5.92 Å². The Morgan fingerprint density at radius 2 is 1.95 bits per heavy atom. The van der Waals surface area contributed by atoms with Crippen LogP contribution in [0.2, 0.25) is 0 Å². The molecule has 0 radical (unpaired) electrons. The Kier molecular flexibility index (Phi) is 5.67. The Balaban J connectivity index is 1.83. The summed E-state index contributed by atoms with van der Waals surface area (Å²) in [5.41, 5.74) is 0.0191. The van der Waals surface area contributed by atoms with Gasteiger partial charge in [0.25, 0.3) is 0 Å². The van der Waals surface area contributed by atoms with Crippen LogP contribution in [0.1, 0.15) is 58.3 Å². The van der Waals surface area contributed by atoms with E-state index in [-0.39, 0.29) is 5.54 Å². The molecule has 19 heavy (non-hydrogen) atoms. The first-order valence-corrected chi connectivity index (χ1v) is 8.28. The summed E-state index contributed by atoms with van der Waals surface area (Å²) in [5, 5.41) is 13.4. The molecular formula is C16H32N2O. The molecule has 2 unspecified atom stereocenters. The maximum Gasteiger partial charge on any atom is 0.0616 e. The Morgan fingerprint density at radius 3 is 2.58 bits per heavy atom. The second-order valence-electron chi connectivity index (χ2n) is 6.64. The van der Waals surface area contributed by atoms with Crippen LogP contribution in [-0.4, -0.2) is 48.3 Å². The highest BCUT2D eigenvalue weighted by Gasteiger charge is 2.41. The number of aliphatic hydroxyl groups excluding tert-OH is 1. The second kappa shape index (κ2) is 7.05. The Morgan fingerprint density at radius 1 is 1.21 bits per heavy atom. The maximum absolute atomic E-state index is 9.82. The van der Waals surface area contributed by atoms with E-state index in [0.29, 0.717) is 12.5 Å². The first-order chi connectivity index (χ1) is 9.22. The van der Waals surface area contributed by atoms with E-state index in [2.05, 4.69) is 24.2 Å². The van der Waals surface area contributed by atoms with Crippen molar-refractivity contribution in [1.29, 1.82) is 0 Å². The average molecular weight is 268 g/mol. The SMILES string of the molecule is CCNC1(CO)CCCC1CCN(C)C1CCCC1. The first-order valence-electron chi connectivity index (χ1n) is 8.28. The van der Waals surface area contributed by atoms with Crippen LogP contribution in [0, 0.1) is 5.92 Å². The molecule has 0 bridgehead atoms. The van der Waals surface area contributed by atoms with Gasteiger partial charge in [0.2, 0.25) is 0 Å². The monoisotopic (exact) mass is 268 g/mol. The lowest BCUT2D eigenvalue weighted by Gasteiger charge is -2.36.